The van der Waals surface area contributed by atoms with Crippen LogP contribution in [0.1, 0.15) is 13.3 Å². The van der Waals surface area contributed by atoms with Crippen LogP contribution in [0.3, 0.4) is 0 Å². The number of hydrogen-bond donors (Lipinski definition) is 1. The van der Waals surface area contributed by atoms with Crippen LogP contribution < -0.4 is 15.1 Å². The van der Waals surface area contributed by atoms with Gasteiger partial charge >= 0.3 is 5.97 Å². The van der Waals surface area contributed by atoms with E-state index in [0.29, 0.717) is 6.61 Å². The molecule has 0 aliphatic carbocycles. The highest BCUT2D eigenvalue weighted by Crippen LogP contribution is 2.31. The Labute approximate surface area is 126 Å². The van der Waals surface area contributed by atoms with Crippen LogP contribution in [-0.4, -0.2) is 52.3 Å². The first kappa shape index (κ1) is 15.6. The number of anilines is 2. The molecule has 0 aromatic heterocycles. The van der Waals surface area contributed by atoms with Crippen molar-refractivity contribution >= 4 is 17.3 Å². The van der Waals surface area contributed by atoms with Crippen LogP contribution in [0.5, 0.6) is 0 Å². The minimum atomic E-state index is -0.239. The molecule has 116 valence electrons. The second-order valence-electron chi connectivity index (χ2n) is 5.28. The minimum absolute atomic E-state index is 0.164. The van der Waals surface area contributed by atoms with Gasteiger partial charge in [0.1, 0.15) is 6.04 Å². The normalized spacial score (nSPS) is 15.6. The third-order valence-corrected chi connectivity index (χ3v) is 3.95. The van der Waals surface area contributed by atoms with Crippen LogP contribution in [0.15, 0.2) is 24.3 Å². The molecular weight excluding hydrogens is 266 g/mol. The zero-order valence-corrected chi connectivity index (χ0v) is 13.1. The van der Waals surface area contributed by atoms with E-state index in [-0.39, 0.29) is 12.0 Å². The topological polar surface area (TPSA) is 44.8 Å². The Morgan fingerprint density at radius 3 is 2.71 bits per heavy atom. The van der Waals surface area contributed by atoms with Crippen molar-refractivity contribution in [2.75, 3.05) is 50.1 Å². The number of para-hydroxylation sites is 2. The largest absolute Gasteiger partial charge is 0.465 e. The molecule has 5 heteroatoms. The summed E-state index contributed by atoms with van der Waals surface area (Å²) in [4.78, 5) is 16.4. The number of hydrogen-bond acceptors (Lipinski definition) is 5. The van der Waals surface area contributed by atoms with Gasteiger partial charge in [-0.05, 0) is 32.5 Å². The summed E-state index contributed by atoms with van der Waals surface area (Å²) in [6.45, 7) is 5.08. The van der Waals surface area contributed by atoms with Crippen molar-refractivity contribution in [1.29, 1.82) is 0 Å². The highest BCUT2D eigenvalue weighted by atomic mass is 16.5. The Bertz CT molecular complexity index is 478. The Morgan fingerprint density at radius 1 is 1.33 bits per heavy atom. The Balaban J connectivity index is 2.00. The average molecular weight is 291 g/mol. The number of carbonyl (C=O) groups excluding carboxylic acids is 1. The molecule has 0 amide bonds. The van der Waals surface area contributed by atoms with Gasteiger partial charge < -0.3 is 19.9 Å². The lowest BCUT2D eigenvalue weighted by atomic mass is 10.1. The molecule has 0 saturated carbocycles. The summed E-state index contributed by atoms with van der Waals surface area (Å²) >= 11 is 0. The maximum atomic E-state index is 11.8. The second kappa shape index (κ2) is 7.31. The van der Waals surface area contributed by atoms with E-state index >= 15 is 0 Å². The molecule has 1 atom stereocenters. The van der Waals surface area contributed by atoms with Crippen LogP contribution in [0.2, 0.25) is 0 Å². The molecule has 0 bridgehead atoms. The van der Waals surface area contributed by atoms with Gasteiger partial charge in [-0.25, -0.2) is 0 Å². The quantitative estimate of drug-likeness (QED) is 0.805. The van der Waals surface area contributed by atoms with Crippen LogP contribution in [0.25, 0.3) is 0 Å². The first-order valence-electron chi connectivity index (χ1n) is 7.56. The lowest BCUT2D eigenvalue weighted by Gasteiger charge is -2.37. The van der Waals surface area contributed by atoms with Crippen molar-refractivity contribution in [3.63, 3.8) is 0 Å². The highest BCUT2D eigenvalue weighted by molar-refractivity contribution is 5.76. The van der Waals surface area contributed by atoms with Gasteiger partial charge in [0.05, 0.1) is 18.0 Å². The van der Waals surface area contributed by atoms with E-state index in [9.17, 15) is 4.79 Å². The molecule has 1 unspecified atom stereocenters. The summed E-state index contributed by atoms with van der Waals surface area (Å²) in [5.74, 6) is -0.164. The van der Waals surface area contributed by atoms with Gasteiger partial charge in [-0.2, -0.15) is 0 Å². The van der Waals surface area contributed by atoms with Crippen molar-refractivity contribution < 1.29 is 9.53 Å². The molecular formula is C16H25N3O2. The second-order valence-corrected chi connectivity index (χ2v) is 5.28. The molecule has 1 aromatic rings. The number of carbonyl (C=O) groups is 1. The third kappa shape index (κ3) is 3.67. The molecule has 0 radical (unpaired) electrons. The number of ether oxygens (including phenoxy) is 1. The maximum Gasteiger partial charge on any atom is 0.323 e. The van der Waals surface area contributed by atoms with E-state index in [1.165, 1.54) is 11.4 Å². The number of esters is 1. The SMILES string of the molecule is CCOC(=O)C(CCN1CCN(C)c2ccccc21)NC. The highest BCUT2D eigenvalue weighted by Gasteiger charge is 2.23. The maximum absolute atomic E-state index is 11.8. The summed E-state index contributed by atoms with van der Waals surface area (Å²) in [6, 6.07) is 8.17. The van der Waals surface area contributed by atoms with E-state index < -0.39 is 0 Å². The molecule has 1 aliphatic rings. The Hall–Kier alpha value is -1.75. The Morgan fingerprint density at radius 2 is 2.05 bits per heavy atom. The van der Waals surface area contributed by atoms with Crippen LogP contribution in [0, 0.1) is 0 Å². The van der Waals surface area contributed by atoms with Crippen molar-refractivity contribution in [2.24, 2.45) is 0 Å². The lowest BCUT2D eigenvalue weighted by Crippen LogP contribution is -2.43. The van der Waals surface area contributed by atoms with Gasteiger partial charge in [0, 0.05) is 26.7 Å². The Kier molecular flexibility index (Phi) is 5.44. The third-order valence-electron chi connectivity index (χ3n) is 3.95. The van der Waals surface area contributed by atoms with Crippen molar-refractivity contribution in [3.8, 4) is 0 Å². The fourth-order valence-corrected chi connectivity index (χ4v) is 2.71. The van der Waals surface area contributed by atoms with Gasteiger partial charge in [-0.1, -0.05) is 12.1 Å². The predicted molar refractivity (Wildman–Crippen MR) is 86.0 cm³/mol. The van der Waals surface area contributed by atoms with E-state index in [2.05, 4.69) is 46.4 Å². The van der Waals surface area contributed by atoms with Crippen molar-refractivity contribution in [1.82, 2.24) is 5.32 Å². The first-order chi connectivity index (χ1) is 10.2. The molecule has 1 heterocycles. The fourth-order valence-electron chi connectivity index (χ4n) is 2.71. The van der Waals surface area contributed by atoms with Crippen LogP contribution in [-0.2, 0) is 9.53 Å². The van der Waals surface area contributed by atoms with Crippen LogP contribution >= 0.6 is 0 Å². The van der Waals surface area contributed by atoms with Crippen molar-refractivity contribution in [3.05, 3.63) is 24.3 Å². The summed E-state index contributed by atoms with van der Waals surface area (Å²) < 4.78 is 5.09. The predicted octanol–water partition coefficient (Wildman–Crippen LogP) is 1.48. The summed E-state index contributed by atoms with van der Waals surface area (Å²) in [5.41, 5.74) is 2.49. The first-order valence-corrected chi connectivity index (χ1v) is 7.56. The van der Waals surface area contributed by atoms with Gasteiger partial charge in [-0.15, -0.1) is 0 Å². The number of fused-ring (bicyclic) bond motifs is 1. The smallest absolute Gasteiger partial charge is 0.323 e. The fraction of sp³-hybridized carbons (Fsp3) is 0.562. The van der Waals surface area contributed by atoms with Gasteiger partial charge in [-0.3, -0.25) is 4.79 Å². The standard InChI is InChI=1S/C16H25N3O2/c1-4-21-16(20)13(17-2)9-10-19-12-11-18(3)14-7-5-6-8-15(14)19/h5-8,13,17H,4,9-12H2,1-3H3. The molecule has 21 heavy (non-hydrogen) atoms. The lowest BCUT2D eigenvalue weighted by molar-refractivity contribution is -0.145. The summed E-state index contributed by atoms with van der Waals surface area (Å²) in [5, 5.41) is 3.05. The zero-order chi connectivity index (χ0) is 15.2. The molecule has 5 nitrogen and oxygen atoms in total. The van der Waals surface area contributed by atoms with E-state index in [1.54, 1.807) is 7.05 Å². The molecule has 2 rings (SSSR count). The van der Waals surface area contributed by atoms with Crippen LogP contribution in [0.4, 0.5) is 11.4 Å². The molecule has 1 aromatic carbocycles. The molecule has 0 saturated heterocycles. The summed E-state index contributed by atoms with van der Waals surface area (Å²) in [6.07, 6.45) is 0.743. The number of benzene rings is 1. The number of nitrogens with zero attached hydrogens (tertiary/aromatic N) is 2. The molecule has 0 fully saturated rings. The van der Waals surface area contributed by atoms with Crippen molar-refractivity contribution in [2.45, 2.75) is 19.4 Å². The van der Waals surface area contributed by atoms with Gasteiger partial charge in [0.15, 0.2) is 0 Å². The minimum Gasteiger partial charge on any atom is -0.465 e. The zero-order valence-electron chi connectivity index (χ0n) is 13.1. The molecule has 1 aliphatic heterocycles. The van der Waals surface area contributed by atoms with E-state index in [1.807, 2.05) is 6.92 Å². The van der Waals surface area contributed by atoms with E-state index in [0.717, 1.165) is 26.1 Å². The van der Waals surface area contributed by atoms with Gasteiger partial charge in [0.2, 0.25) is 0 Å². The van der Waals surface area contributed by atoms with Gasteiger partial charge in [0.25, 0.3) is 0 Å². The molecule has 1 N–H and O–H groups in total. The summed E-state index contributed by atoms with van der Waals surface area (Å²) in [7, 11) is 3.92. The van der Waals surface area contributed by atoms with E-state index in [4.69, 9.17) is 4.74 Å². The number of nitrogens with one attached hydrogen (secondary N) is 1. The number of likely N-dealkylation sites (N-methyl/N-ethyl adjacent to an activating group) is 2. The monoisotopic (exact) mass is 291 g/mol. The average Bonchev–Trinajstić information content (AvgIpc) is 2.50. The number of rotatable bonds is 6. The molecule has 0 spiro atoms.